The van der Waals surface area contributed by atoms with E-state index < -0.39 is 0 Å². The van der Waals surface area contributed by atoms with Crippen LogP contribution in [0.4, 0.5) is 0 Å². The Morgan fingerprint density at radius 3 is 0.935 bits per heavy atom. The van der Waals surface area contributed by atoms with Crippen LogP contribution < -0.4 is 0 Å². The molecule has 0 amide bonds. The lowest BCUT2D eigenvalue weighted by molar-refractivity contribution is 0.620. The molecule has 0 N–H and O–H groups in total. The normalized spacial score (nSPS) is 11.8. The van der Waals surface area contributed by atoms with Crippen LogP contribution in [-0.4, -0.2) is 23.3 Å². The number of aryl methyl sites for hydroxylation is 2. The molecule has 0 bridgehead atoms. The molecule has 500 valence electrons. The van der Waals surface area contributed by atoms with Crippen molar-refractivity contribution >= 4 is 98.3 Å². The number of para-hydroxylation sites is 6. The van der Waals surface area contributed by atoms with Gasteiger partial charge in [-0.15, -0.1) is 0 Å². The lowest BCUT2D eigenvalue weighted by Crippen LogP contribution is -2.03. The van der Waals surface area contributed by atoms with Crippen molar-refractivity contribution in [2.45, 2.75) is 13.8 Å². The summed E-state index contributed by atoms with van der Waals surface area (Å²) in [7, 11) is 0. The van der Waals surface area contributed by atoms with Crippen LogP contribution in [0.1, 0.15) is 16.7 Å². The summed E-state index contributed by atoms with van der Waals surface area (Å²) in [6.45, 7) is 4.32. The third-order valence-electron chi connectivity index (χ3n) is 22.0. The van der Waals surface area contributed by atoms with Gasteiger partial charge in [0.15, 0.2) is 5.58 Å². The number of nitriles is 1. The lowest BCUT2D eigenvalue weighted by atomic mass is 9.77. The molecule has 5 aromatic heterocycles. The molecule has 0 radical (unpaired) electrons. The van der Waals surface area contributed by atoms with Gasteiger partial charge in [0.25, 0.3) is 0 Å². The van der Waals surface area contributed by atoms with Crippen LogP contribution in [0.2, 0.25) is 0 Å². The number of benzene rings is 16. The highest BCUT2D eigenvalue weighted by Crippen LogP contribution is 2.54. The van der Waals surface area contributed by atoms with Crippen LogP contribution in [0.15, 0.2) is 356 Å². The van der Waals surface area contributed by atoms with E-state index in [2.05, 4.69) is 366 Å². The molecule has 0 fully saturated rings. The highest BCUT2D eigenvalue weighted by Gasteiger charge is 2.32. The Kier molecular flexibility index (Phi) is 14.0. The number of aromatic nitrogens is 5. The molecular weight excluding hydrogens is 1300 g/mol. The second kappa shape index (κ2) is 24.4. The fourth-order valence-electron chi connectivity index (χ4n) is 17.2. The first kappa shape index (κ1) is 61.4. The molecular formula is C100H64N6O. The fraction of sp³-hybridized carbons (Fsp3) is 0.0200. The monoisotopic (exact) mass is 1360 g/mol. The van der Waals surface area contributed by atoms with Gasteiger partial charge in [-0.1, -0.05) is 230 Å². The minimum absolute atomic E-state index is 0.400. The minimum Gasteiger partial charge on any atom is -0.436 e. The van der Waals surface area contributed by atoms with Crippen molar-refractivity contribution in [2.24, 2.45) is 0 Å². The van der Waals surface area contributed by atoms with Crippen LogP contribution >= 0.6 is 0 Å². The zero-order valence-corrected chi connectivity index (χ0v) is 58.6. The SMILES string of the molecule is Cc1ccc2c(c1)c1ccccc1n2-c1ccc(-c2c(C#N)c(-c3ccc(-n4c5ccccc5c5cc(-c6ccccc6)ccc54)cc3)c(-c3nc4ccccc4o3)c(-c3ccc(-n4c5ccccc5c5cc(C)ccc54)cc3)c2-c2ccc(-n3c4ccccc4c4cc(-c5ccccc5)ccc43)cc2)cc1. The second-order valence-electron chi connectivity index (χ2n) is 28.2. The first-order chi connectivity index (χ1) is 52.8. The first-order valence-corrected chi connectivity index (χ1v) is 36.5. The quantitative estimate of drug-likeness (QED) is 0.130. The van der Waals surface area contributed by atoms with Crippen molar-refractivity contribution in [1.29, 1.82) is 5.26 Å². The van der Waals surface area contributed by atoms with E-state index in [-0.39, 0.29) is 0 Å². The Labute approximate surface area is 616 Å². The van der Waals surface area contributed by atoms with E-state index in [1.54, 1.807) is 0 Å². The van der Waals surface area contributed by atoms with Gasteiger partial charge in [0.1, 0.15) is 11.6 Å². The van der Waals surface area contributed by atoms with E-state index in [0.29, 0.717) is 33.7 Å². The molecule has 16 aromatic carbocycles. The van der Waals surface area contributed by atoms with Crippen LogP contribution in [0.5, 0.6) is 0 Å². The minimum atomic E-state index is 0.400. The summed E-state index contributed by atoms with van der Waals surface area (Å²) in [6, 6.07) is 130. The predicted octanol–water partition coefficient (Wildman–Crippen LogP) is 26.4. The van der Waals surface area contributed by atoms with Crippen molar-refractivity contribution in [1.82, 2.24) is 23.3 Å². The summed E-state index contributed by atoms with van der Waals surface area (Å²) in [6.07, 6.45) is 0. The summed E-state index contributed by atoms with van der Waals surface area (Å²) in [5.41, 5.74) is 29.2. The molecule has 107 heavy (non-hydrogen) atoms. The molecule has 5 heterocycles. The molecule has 0 atom stereocenters. The average Bonchev–Trinajstić information content (AvgIpc) is 1.43. The van der Waals surface area contributed by atoms with Gasteiger partial charge in [-0.05, 0) is 197 Å². The van der Waals surface area contributed by atoms with Gasteiger partial charge in [0, 0.05) is 82.5 Å². The molecule has 21 rings (SSSR count). The van der Waals surface area contributed by atoms with Crippen molar-refractivity contribution in [3.05, 3.63) is 369 Å². The van der Waals surface area contributed by atoms with E-state index in [1.807, 2.05) is 24.3 Å². The molecule has 7 heteroatoms. The highest BCUT2D eigenvalue weighted by molar-refractivity contribution is 6.15. The predicted molar refractivity (Wildman–Crippen MR) is 444 cm³/mol. The largest absolute Gasteiger partial charge is 0.436 e. The molecule has 21 aromatic rings. The van der Waals surface area contributed by atoms with Gasteiger partial charge in [0.05, 0.1) is 55.3 Å². The van der Waals surface area contributed by atoms with E-state index in [0.717, 1.165) is 117 Å². The van der Waals surface area contributed by atoms with E-state index >= 15 is 0 Å². The number of nitrogens with zero attached hydrogens (tertiary/aromatic N) is 6. The Morgan fingerprint density at radius 2 is 0.551 bits per heavy atom. The molecule has 0 saturated heterocycles. The third kappa shape index (κ3) is 9.77. The smallest absolute Gasteiger partial charge is 0.228 e. The number of hydrogen-bond acceptors (Lipinski definition) is 3. The van der Waals surface area contributed by atoms with Crippen molar-refractivity contribution in [2.75, 3.05) is 0 Å². The lowest BCUT2D eigenvalue weighted by Gasteiger charge is -2.25. The number of rotatable bonds is 11. The van der Waals surface area contributed by atoms with E-state index in [4.69, 9.17) is 9.40 Å². The zero-order valence-electron chi connectivity index (χ0n) is 58.6. The van der Waals surface area contributed by atoms with Crippen LogP contribution in [0.25, 0.3) is 199 Å². The standard InChI is InChI=1S/C100H64N6O/c1-62-33-53-90-80(57-62)76-23-9-14-28-86(76)103(90)72-45-35-66(36-46-72)95-84(61-101)96(67-37-47-73(48-38-67)105-88-30-16-11-25-78(88)82-59-70(43-55-92(82)105)64-19-5-3-6-20-64)99(100-102-85-27-13-18-32-94(85)107-100)98(69-41-51-74(52-42-69)104-87-29-15-10-24-77(87)81-58-63(2)34-54-91(81)104)97(95)68-39-49-75(50-40-68)106-89-31-17-12-26-79(89)83-60-71(44-56-93(83)106)65-21-7-4-8-22-65/h3-60H,1-2H3. The first-order valence-electron chi connectivity index (χ1n) is 36.5. The van der Waals surface area contributed by atoms with E-state index in [9.17, 15) is 5.26 Å². The summed E-state index contributed by atoms with van der Waals surface area (Å²) < 4.78 is 16.7. The summed E-state index contributed by atoms with van der Waals surface area (Å²) >= 11 is 0. The Balaban J connectivity index is 0.845. The second-order valence-corrected chi connectivity index (χ2v) is 28.2. The molecule has 0 unspecified atom stereocenters. The molecule has 0 saturated carbocycles. The molecule has 0 aliphatic heterocycles. The maximum atomic E-state index is 12.8. The van der Waals surface area contributed by atoms with Gasteiger partial charge in [-0.3, -0.25) is 0 Å². The number of oxazole rings is 1. The Morgan fingerprint density at radius 1 is 0.252 bits per heavy atom. The maximum absolute atomic E-state index is 12.8. The number of fused-ring (bicyclic) bond motifs is 13. The summed E-state index contributed by atoms with van der Waals surface area (Å²) in [5, 5.41) is 22.2. The summed E-state index contributed by atoms with van der Waals surface area (Å²) in [4.78, 5) is 5.49. The van der Waals surface area contributed by atoms with Gasteiger partial charge >= 0.3 is 0 Å². The Bertz CT molecular complexity index is 7190. The molecule has 7 nitrogen and oxygen atoms in total. The molecule has 0 spiro atoms. The van der Waals surface area contributed by atoms with Gasteiger partial charge in [0.2, 0.25) is 5.89 Å². The topological polar surface area (TPSA) is 69.5 Å². The van der Waals surface area contributed by atoms with E-state index in [1.165, 1.54) is 65.3 Å². The maximum Gasteiger partial charge on any atom is 0.228 e. The van der Waals surface area contributed by atoms with Crippen LogP contribution in [0, 0.1) is 25.2 Å². The highest BCUT2D eigenvalue weighted by atomic mass is 16.3. The average molecular weight is 1370 g/mol. The number of hydrogen-bond donors (Lipinski definition) is 0. The third-order valence-corrected chi connectivity index (χ3v) is 22.0. The Hall–Kier alpha value is -14.3. The zero-order chi connectivity index (χ0) is 71.0. The van der Waals surface area contributed by atoms with Crippen molar-refractivity contribution in [3.63, 3.8) is 0 Å². The van der Waals surface area contributed by atoms with Gasteiger partial charge in [-0.2, -0.15) is 5.26 Å². The van der Waals surface area contributed by atoms with Crippen LogP contribution in [0.3, 0.4) is 0 Å². The fourth-order valence-corrected chi connectivity index (χ4v) is 17.2. The molecule has 0 aliphatic rings. The van der Waals surface area contributed by atoms with Crippen molar-refractivity contribution < 1.29 is 4.42 Å². The summed E-state index contributed by atoms with van der Waals surface area (Å²) in [5.74, 6) is 0.400. The van der Waals surface area contributed by atoms with Crippen LogP contribution in [-0.2, 0) is 0 Å². The van der Waals surface area contributed by atoms with Gasteiger partial charge in [-0.25, -0.2) is 4.98 Å². The molecule has 0 aliphatic carbocycles. The van der Waals surface area contributed by atoms with Crippen molar-refractivity contribution in [3.8, 4) is 107 Å². The van der Waals surface area contributed by atoms with Gasteiger partial charge < -0.3 is 22.7 Å².